The first-order valence-electron chi connectivity index (χ1n) is 8.20. The molecule has 0 atom stereocenters. The van der Waals surface area contributed by atoms with Gasteiger partial charge in [-0.1, -0.05) is 45.9 Å². The van der Waals surface area contributed by atoms with E-state index in [0.717, 1.165) is 23.4 Å². The van der Waals surface area contributed by atoms with E-state index in [-0.39, 0.29) is 5.41 Å². The minimum atomic E-state index is 0.0326. The fraction of sp³-hybridized carbons (Fsp3) is 0.333. The predicted octanol–water partition coefficient (Wildman–Crippen LogP) is 5.91. The van der Waals surface area contributed by atoms with E-state index in [9.17, 15) is 0 Å². The van der Waals surface area contributed by atoms with Crippen molar-refractivity contribution in [3.8, 4) is 5.75 Å². The molecule has 0 fully saturated rings. The van der Waals surface area contributed by atoms with Gasteiger partial charge in [0.05, 0.1) is 7.11 Å². The third kappa shape index (κ3) is 4.32. The van der Waals surface area contributed by atoms with Crippen molar-refractivity contribution in [1.29, 1.82) is 0 Å². The Balaban J connectivity index is 2.52. The number of methoxy groups -OCH3 is 1. The Morgan fingerprint density at radius 3 is 2.33 bits per heavy atom. The summed E-state index contributed by atoms with van der Waals surface area (Å²) in [6.45, 7) is 8.78. The molecule has 0 aromatic heterocycles. The van der Waals surface area contributed by atoms with Gasteiger partial charge in [0.1, 0.15) is 5.75 Å². The lowest BCUT2D eigenvalue weighted by Gasteiger charge is -2.24. The maximum Gasteiger partial charge on any atom is 0.129 e. The molecule has 2 aromatic carbocycles. The second-order valence-electron chi connectivity index (χ2n) is 6.97. The Morgan fingerprint density at radius 2 is 1.75 bits per heavy atom. The Kier molecular flexibility index (Phi) is 5.97. The highest BCUT2D eigenvalue weighted by molar-refractivity contribution is 14.1. The molecule has 128 valence electrons. The van der Waals surface area contributed by atoms with E-state index < -0.39 is 0 Å². The van der Waals surface area contributed by atoms with E-state index >= 15 is 0 Å². The molecule has 0 bridgehead atoms. The average Bonchev–Trinajstić information content (AvgIpc) is 2.52. The molecule has 24 heavy (non-hydrogen) atoms. The van der Waals surface area contributed by atoms with Gasteiger partial charge in [-0.05, 0) is 69.8 Å². The first kappa shape index (κ1) is 18.8. The number of nitrogens with two attached hydrogens (primary N) is 1. The van der Waals surface area contributed by atoms with Crippen molar-refractivity contribution in [2.75, 3.05) is 12.8 Å². The summed E-state index contributed by atoms with van der Waals surface area (Å²) in [7, 11) is 1.75. The summed E-state index contributed by atoms with van der Waals surface area (Å²) < 4.78 is 6.96. The molecule has 0 amide bonds. The molecule has 0 saturated carbocycles. The Hall–Kier alpha value is -1.49. The first-order valence-corrected chi connectivity index (χ1v) is 9.28. The molecule has 0 aliphatic rings. The lowest BCUT2D eigenvalue weighted by Crippen LogP contribution is -2.14. The minimum Gasteiger partial charge on any atom is -0.496 e. The van der Waals surface area contributed by atoms with Gasteiger partial charge in [-0.3, -0.25) is 0 Å². The molecule has 2 aromatic rings. The van der Waals surface area contributed by atoms with Gasteiger partial charge in [-0.15, -0.1) is 0 Å². The summed E-state index contributed by atoms with van der Waals surface area (Å²) in [5.74, 6) is 0.952. The molecule has 2 rings (SSSR count). The van der Waals surface area contributed by atoms with Crippen LogP contribution in [0.2, 0.25) is 0 Å². The van der Waals surface area contributed by atoms with E-state index in [1.54, 1.807) is 7.11 Å². The van der Waals surface area contributed by atoms with Crippen molar-refractivity contribution >= 4 is 40.4 Å². The number of halogens is 1. The zero-order valence-electron chi connectivity index (χ0n) is 15.1. The molecule has 0 aliphatic heterocycles. The van der Waals surface area contributed by atoms with Crippen LogP contribution in [0.25, 0.3) is 12.2 Å². The van der Waals surface area contributed by atoms with Crippen molar-refractivity contribution in [2.24, 2.45) is 0 Å². The second kappa shape index (κ2) is 7.60. The molecule has 2 N–H and O–H groups in total. The van der Waals surface area contributed by atoms with Crippen LogP contribution in [0.3, 0.4) is 0 Å². The SMILES string of the molecule is CCc1cc(N)ccc1/C=C/c1cc(I)cc(C(C)(C)C)c1OC. The predicted molar refractivity (Wildman–Crippen MR) is 114 cm³/mol. The fourth-order valence-electron chi connectivity index (χ4n) is 2.80. The Bertz CT molecular complexity index is 757. The fourth-order valence-corrected chi connectivity index (χ4v) is 3.44. The van der Waals surface area contributed by atoms with E-state index in [1.165, 1.54) is 20.3 Å². The van der Waals surface area contributed by atoms with Crippen LogP contribution in [0.15, 0.2) is 30.3 Å². The van der Waals surface area contributed by atoms with Gasteiger partial charge in [0.15, 0.2) is 0 Å². The molecule has 0 spiro atoms. The van der Waals surface area contributed by atoms with Gasteiger partial charge >= 0.3 is 0 Å². The van der Waals surface area contributed by atoms with Crippen LogP contribution in [-0.2, 0) is 11.8 Å². The summed E-state index contributed by atoms with van der Waals surface area (Å²) in [6, 6.07) is 10.4. The molecule has 0 unspecified atom stereocenters. The topological polar surface area (TPSA) is 35.2 Å². The van der Waals surface area contributed by atoms with Crippen molar-refractivity contribution < 1.29 is 4.74 Å². The van der Waals surface area contributed by atoms with Gasteiger partial charge in [-0.25, -0.2) is 0 Å². The largest absolute Gasteiger partial charge is 0.496 e. The smallest absolute Gasteiger partial charge is 0.129 e. The quantitative estimate of drug-likeness (QED) is 0.368. The van der Waals surface area contributed by atoms with Crippen LogP contribution in [0.1, 0.15) is 49.9 Å². The third-order valence-electron chi connectivity index (χ3n) is 4.08. The van der Waals surface area contributed by atoms with Crippen molar-refractivity contribution in [2.45, 2.75) is 39.5 Å². The monoisotopic (exact) mass is 435 g/mol. The number of benzene rings is 2. The van der Waals surface area contributed by atoms with Gasteiger partial charge < -0.3 is 10.5 Å². The summed E-state index contributed by atoms with van der Waals surface area (Å²) in [5.41, 5.74) is 11.5. The van der Waals surface area contributed by atoms with E-state index in [1.807, 2.05) is 12.1 Å². The summed E-state index contributed by atoms with van der Waals surface area (Å²) in [6.07, 6.45) is 5.25. The van der Waals surface area contributed by atoms with Crippen LogP contribution in [0.5, 0.6) is 5.75 Å². The summed E-state index contributed by atoms with van der Waals surface area (Å²) in [4.78, 5) is 0. The molecule has 0 radical (unpaired) electrons. The van der Waals surface area contributed by atoms with Crippen molar-refractivity contribution in [3.63, 3.8) is 0 Å². The molecular weight excluding hydrogens is 409 g/mol. The van der Waals surface area contributed by atoms with Gasteiger partial charge in [-0.2, -0.15) is 0 Å². The number of anilines is 1. The number of hydrogen-bond donors (Lipinski definition) is 1. The average molecular weight is 435 g/mol. The molecule has 3 heteroatoms. The van der Waals surface area contributed by atoms with E-state index in [2.05, 4.69) is 80.6 Å². The number of aryl methyl sites for hydroxylation is 1. The zero-order chi connectivity index (χ0) is 17.9. The van der Waals surface area contributed by atoms with Gasteiger partial charge in [0.25, 0.3) is 0 Å². The highest BCUT2D eigenvalue weighted by Gasteiger charge is 2.21. The van der Waals surface area contributed by atoms with Crippen LogP contribution in [-0.4, -0.2) is 7.11 Å². The van der Waals surface area contributed by atoms with Crippen LogP contribution >= 0.6 is 22.6 Å². The van der Waals surface area contributed by atoms with Crippen molar-refractivity contribution in [3.05, 3.63) is 56.2 Å². The molecule has 0 aliphatic carbocycles. The lowest BCUT2D eigenvalue weighted by molar-refractivity contribution is 0.396. The minimum absolute atomic E-state index is 0.0326. The highest BCUT2D eigenvalue weighted by atomic mass is 127. The highest BCUT2D eigenvalue weighted by Crippen LogP contribution is 2.36. The Morgan fingerprint density at radius 1 is 1.08 bits per heavy atom. The van der Waals surface area contributed by atoms with Gasteiger partial charge in [0, 0.05) is 20.4 Å². The van der Waals surface area contributed by atoms with Gasteiger partial charge in [0.2, 0.25) is 0 Å². The van der Waals surface area contributed by atoms with E-state index in [0.29, 0.717) is 0 Å². The standard InChI is InChI=1S/C21H26INO/c1-6-14-12-18(23)10-9-15(14)7-8-16-11-17(22)13-19(20(16)24-5)21(2,3)4/h7-13H,6,23H2,1-5H3/b8-7+. The number of ether oxygens (including phenoxy) is 1. The summed E-state index contributed by atoms with van der Waals surface area (Å²) >= 11 is 2.37. The molecular formula is C21H26INO. The molecule has 2 nitrogen and oxygen atoms in total. The third-order valence-corrected chi connectivity index (χ3v) is 4.71. The normalized spacial score (nSPS) is 11.9. The second-order valence-corrected chi connectivity index (χ2v) is 8.22. The molecule has 0 heterocycles. The number of hydrogen-bond acceptors (Lipinski definition) is 2. The number of rotatable bonds is 4. The first-order chi connectivity index (χ1) is 11.3. The number of nitrogen functional groups attached to an aromatic ring is 1. The Labute approximate surface area is 159 Å². The summed E-state index contributed by atoms with van der Waals surface area (Å²) in [5, 5.41) is 0. The maximum absolute atomic E-state index is 5.90. The van der Waals surface area contributed by atoms with Crippen LogP contribution in [0.4, 0.5) is 5.69 Å². The van der Waals surface area contributed by atoms with Crippen molar-refractivity contribution in [1.82, 2.24) is 0 Å². The van der Waals surface area contributed by atoms with E-state index in [4.69, 9.17) is 10.5 Å². The zero-order valence-corrected chi connectivity index (χ0v) is 17.3. The lowest BCUT2D eigenvalue weighted by atomic mass is 9.85. The van der Waals surface area contributed by atoms with Crippen LogP contribution in [0, 0.1) is 3.57 Å². The molecule has 0 saturated heterocycles. The van der Waals surface area contributed by atoms with Crippen LogP contribution < -0.4 is 10.5 Å². The maximum atomic E-state index is 5.90.